The first kappa shape index (κ1) is 9.96. The summed E-state index contributed by atoms with van der Waals surface area (Å²) in [6, 6.07) is 3.46. The zero-order valence-electron chi connectivity index (χ0n) is 8.35. The zero-order valence-corrected chi connectivity index (χ0v) is 8.35. The van der Waals surface area contributed by atoms with Crippen LogP contribution in [0, 0.1) is 11.6 Å². The number of benzene rings is 1. The van der Waals surface area contributed by atoms with Crippen LogP contribution in [0.25, 0.3) is 0 Å². The molecule has 1 aromatic rings. The van der Waals surface area contributed by atoms with Gasteiger partial charge in [0.1, 0.15) is 11.6 Å². The average Bonchev–Trinajstić information content (AvgIpc) is 2.52. The van der Waals surface area contributed by atoms with Gasteiger partial charge in [0.15, 0.2) is 0 Å². The molecule has 0 bridgehead atoms. The molecule has 1 aliphatic rings. The van der Waals surface area contributed by atoms with Gasteiger partial charge in [0.25, 0.3) is 0 Å². The van der Waals surface area contributed by atoms with E-state index >= 15 is 0 Å². The highest BCUT2D eigenvalue weighted by atomic mass is 19.1. The molecule has 0 aliphatic carbocycles. The molecule has 2 nitrogen and oxygen atoms in total. The van der Waals surface area contributed by atoms with Crippen LogP contribution in [0.4, 0.5) is 8.78 Å². The van der Waals surface area contributed by atoms with Gasteiger partial charge in [0.05, 0.1) is 5.82 Å². The maximum atomic E-state index is 13.5. The minimum Gasteiger partial charge on any atom is -0.386 e. The van der Waals surface area contributed by atoms with Crippen molar-refractivity contribution < 1.29 is 8.78 Å². The van der Waals surface area contributed by atoms with Gasteiger partial charge in [-0.3, -0.25) is 0 Å². The Labute approximate surface area is 86.8 Å². The molecule has 0 spiro atoms. The standard InChI is InChI=1S/C11H12F2N2/c1-11(5-10(14)15-6-11)8-4-7(12)2-3-9(8)13/h2-5,15H,6,14H2,1H3/t11-/m1/s1. The molecular formula is C11H12F2N2. The van der Waals surface area contributed by atoms with Crippen LogP contribution in [0.3, 0.4) is 0 Å². The van der Waals surface area contributed by atoms with Gasteiger partial charge in [0.2, 0.25) is 0 Å². The van der Waals surface area contributed by atoms with E-state index in [9.17, 15) is 8.78 Å². The number of hydrogen-bond acceptors (Lipinski definition) is 2. The summed E-state index contributed by atoms with van der Waals surface area (Å²) in [6.45, 7) is 2.30. The van der Waals surface area contributed by atoms with Gasteiger partial charge < -0.3 is 11.1 Å². The van der Waals surface area contributed by atoms with Gasteiger partial charge in [-0.05, 0) is 24.3 Å². The Morgan fingerprint density at radius 3 is 2.73 bits per heavy atom. The molecule has 3 N–H and O–H groups in total. The largest absolute Gasteiger partial charge is 0.386 e. The SMILES string of the molecule is C[C@@]1(c2cc(F)ccc2F)C=C(N)NC1. The summed E-state index contributed by atoms with van der Waals surface area (Å²) in [5, 5.41) is 2.90. The predicted molar refractivity (Wildman–Crippen MR) is 54.0 cm³/mol. The quantitative estimate of drug-likeness (QED) is 0.739. The maximum absolute atomic E-state index is 13.5. The third-order valence-electron chi connectivity index (χ3n) is 2.68. The molecule has 1 atom stereocenters. The monoisotopic (exact) mass is 210 g/mol. The van der Waals surface area contributed by atoms with Gasteiger partial charge in [-0.2, -0.15) is 0 Å². The molecule has 80 valence electrons. The fraction of sp³-hybridized carbons (Fsp3) is 0.273. The van der Waals surface area contributed by atoms with E-state index in [1.807, 2.05) is 6.92 Å². The van der Waals surface area contributed by atoms with E-state index in [1.165, 1.54) is 6.07 Å². The Kier molecular flexibility index (Phi) is 2.14. The van der Waals surface area contributed by atoms with Crippen molar-refractivity contribution in [3.05, 3.63) is 47.3 Å². The summed E-state index contributed by atoms with van der Waals surface area (Å²) in [5.74, 6) is -0.348. The maximum Gasteiger partial charge on any atom is 0.127 e. The van der Waals surface area contributed by atoms with Crippen LogP contribution in [-0.4, -0.2) is 6.54 Å². The van der Waals surface area contributed by atoms with Crippen LogP contribution < -0.4 is 11.1 Å². The Hall–Kier alpha value is -1.58. The summed E-state index contributed by atoms with van der Waals surface area (Å²) >= 11 is 0. The lowest BCUT2D eigenvalue weighted by atomic mass is 9.83. The number of nitrogens with two attached hydrogens (primary N) is 1. The molecule has 1 heterocycles. The first-order valence-corrected chi connectivity index (χ1v) is 4.69. The second-order valence-electron chi connectivity index (χ2n) is 3.99. The third kappa shape index (κ3) is 1.67. The van der Waals surface area contributed by atoms with E-state index in [4.69, 9.17) is 5.73 Å². The lowest BCUT2D eigenvalue weighted by Crippen LogP contribution is -2.27. The van der Waals surface area contributed by atoms with Crippen LogP contribution >= 0.6 is 0 Å². The third-order valence-corrected chi connectivity index (χ3v) is 2.68. The Balaban J connectivity index is 2.49. The van der Waals surface area contributed by atoms with E-state index in [0.717, 1.165) is 12.1 Å². The normalized spacial score (nSPS) is 24.9. The Morgan fingerprint density at radius 2 is 2.13 bits per heavy atom. The molecule has 1 aromatic carbocycles. The highest BCUT2D eigenvalue weighted by Gasteiger charge is 2.31. The van der Waals surface area contributed by atoms with E-state index in [0.29, 0.717) is 17.9 Å². The first-order chi connectivity index (χ1) is 7.01. The van der Waals surface area contributed by atoms with Crippen molar-refractivity contribution in [2.75, 3.05) is 6.54 Å². The number of halogens is 2. The lowest BCUT2D eigenvalue weighted by molar-refractivity contribution is 0.523. The molecular weight excluding hydrogens is 198 g/mol. The molecule has 0 amide bonds. The number of nitrogens with one attached hydrogen (secondary N) is 1. The second kappa shape index (κ2) is 3.22. The Bertz CT molecular complexity index is 429. The fourth-order valence-corrected chi connectivity index (χ4v) is 1.84. The van der Waals surface area contributed by atoms with Crippen molar-refractivity contribution in [3.63, 3.8) is 0 Å². The van der Waals surface area contributed by atoms with Gasteiger partial charge in [0, 0.05) is 17.5 Å². The van der Waals surface area contributed by atoms with Gasteiger partial charge >= 0.3 is 0 Å². The summed E-state index contributed by atoms with van der Waals surface area (Å²) in [6.07, 6.45) is 1.71. The van der Waals surface area contributed by atoms with Crippen LogP contribution in [0.15, 0.2) is 30.1 Å². The van der Waals surface area contributed by atoms with Gasteiger partial charge in [-0.1, -0.05) is 6.92 Å². The summed E-state index contributed by atoms with van der Waals surface area (Å²) in [7, 11) is 0. The topological polar surface area (TPSA) is 38.0 Å². The van der Waals surface area contributed by atoms with E-state index in [2.05, 4.69) is 5.32 Å². The number of rotatable bonds is 1. The van der Waals surface area contributed by atoms with Crippen molar-refractivity contribution in [3.8, 4) is 0 Å². The van der Waals surface area contributed by atoms with E-state index in [-0.39, 0.29) is 0 Å². The fourth-order valence-electron chi connectivity index (χ4n) is 1.84. The summed E-state index contributed by atoms with van der Waals surface area (Å²) in [5.41, 5.74) is 5.33. The molecule has 4 heteroatoms. The molecule has 0 radical (unpaired) electrons. The van der Waals surface area contributed by atoms with Gasteiger partial charge in [-0.25, -0.2) is 8.78 Å². The molecule has 0 saturated carbocycles. The van der Waals surface area contributed by atoms with Crippen molar-refractivity contribution >= 4 is 0 Å². The highest BCUT2D eigenvalue weighted by molar-refractivity contribution is 5.36. The second-order valence-corrected chi connectivity index (χ2v) is 3.99. The molecule has 0 saturated heterocycles. The highest BCUT2D eigenvalue weighted by Crippen LogP contribution is 2.31. The van der Waals surface area contributed by atoms with Gasteiger partial charge in [-0.15, -0.1) is 0 Å². The van der Waals surface area contributed by atoms with E-state index in [1.54, 1.807) is 6.08 Å². The molecule has 15 heavy (non-hydrogen) atoms. The molecule has 0 unspecified atom stereocenters. The molecule has 0 aromatic heterocycles. The minimum absolute atomic E-state index is 0.329. The van der Waals surface area contributed by atoms with Crippen molar-refractivity contribution in [2.45, 2.75) is 12.3 Å². The Morgan fingerprint density at radius 1 is 1.40 bits per heavy atom. The van der Waals surface area contributed by atoms with Crippen LogP contribution in [0.2, 0.25) is 0 Å². The lowest BCUT2D eigenvalue weighted by Gasteiger charge is -2.21. The molecule has 2 rings (SSSR count). The van der Waals surface area contributed by atoms with Crippen LogP contribution in [0.1, 0.15) is 12.5 Å². The summed E-state index contributed by atoms with van der Waals surface area (Å²) < 4.78 is 26.6. The van der Waals surface area contributed by atoms with Crippen LogP contribution in [0.5, 0.6) is 0 Å². The minimum atomic E-state index is -0.573. The zero-order chi connectivity index (χ0) is 11.1. The average molecular weight is 210 g/mol. The smallest absolute Gasteiger partial charge is 0.127 e. The van der Waals surface area contributed by atoms with Crippen LogP contribution in [-0.2, 0) is 5.41 Å². The molecule has 0 fully saturated rings. The summed E-state index contributed by atoms with van der Waals surface area (Å²) in [4.78, 5) is 0. The number of hydrogen-bond donors (Lipinski definition) is 2. The molecule has 1 aliphatic heterocycles. The van der Waals surface area contributed by atoms with E-state index < -0.39 is 17.0 Å². The van der Waals surface area contributed by atoms with Crippen molar-refractivity contribution in [2.24, 2.45) is 5.73 Å². The predicted octanol–water partition coefficient (Wildman–Crippen LogP) is 1.63. The van der Waals surface area contributed by atoms with Crippen molar-refractivity contribution in [1.29, 1.82) is 0 Å². The first-order valence-electron chi connectivity index (χ1n) is 4.69. The van der Waals surface area contributed by atoms with Crippen molar-refractivity contribution in [1.82, 2.24) is 5.32 Å².